The zero-order valence-corrected chi connectivity index (χ0v) is 30.8. The molecule has 0 unspecified atom stereocenters. The molecular weight excluding hydrogens is 706 g/mol. The molecule has 17 heteroatoms. The molecule has 4 rings (SSSR count). The van der Waals surface area contributed by atoms with Crippen LogP contribution in [0.1, 0.15) is 32.7 Å². The maximum Gasteiger partial charge on any atom is 0.251 e. The monoisotopic (exact) mass is 755 g/mol. The van der Waals surface area contributed by atoms with Gasteiger partial charge >= 0.3 is 0 Å². The predicted octanol–water partition coefficient (Wildman–Crippen LogP) is 4.61. The quantitative estimate of drug-likeness (QED) is 0.0232. The second-order valence-electron chi connectivity index (χ2n) is 11.7. The van der Waals surface area contributed by atoms with E-state index in [-0.39, 0.29) is 18.4 Å². The van der Waals surface area contributed by atoms with E-state index >= 15 is 0 Å². The van der Waals surface area contributed by atoms with E-state index in [1.807, 2.05) is 36.4 Å². The number of aromatic nitrogens is 3. The molecule has 3 aromatic carbocycles. The van der Waals surface area contributed by atoms with E-state index in [1.165, 1.54) is 5.56 Å². The first kappa shape index (κ1) is 41.9. The van der Waals surface area contributed by atoms with E-state index in [0.29, 0.717) is 114 Å². The van der Waals surface area contributed by atoms with Gasteiger partial charge in [-0.3, -0.25) is 9.59 Å². The molecule has 0 saturated carbocycles. The predicted molar refractivity (Wildman–Crippen MR) is 210 cm³/mol. The van der Waals surface area contributed by atoms with Crippen molar-refractivity contribution >= 4 is 35.3 Å². The van der Waals surface area contributed by atoms with Crippen LogP contribution in [0.2, 0.25) is 0 Å². The first-order valence-electron chi connectivity index (χ1n) is 18.2. The van der Waals surface area contributed by atoms with E-state index in [0.717, 1.165) is 12.8 Å². The molecule has 292 valence electrons. The minimum absolute atomic E-state index is 0.133. The summed E-state index contributed by atoms with van der Waals surface area (Å²) in [4.78, 5) is 41.0. The number of hydrogen-bond acceptors (Lipinski definition) is 13. The molecule has 17 nitrogen and oxygen atoms in total. The molecule has 4 aromatic rings. The Morgan fingerprint density at radius 2 is 1.09 bits per heavy atom. The second-order valence-corrected chi connectivity index (χ2v) is 11.7. The van der Waals surface area contributed by atoms with Crippen molar-refractivity contribution in [2.24, 2.45) is 5.11 Å². The largest absolute Gasteiger partial charge is 0.379 e. The average Bonchev–Trinajstić information content (AvgIpc) is 3.21. The molecule has 0 aliphatic heterocycles. The van der Waals surface area contributed by atoms with Crippen molar-refractivity contribution in [2.75, 3.05) is 102 Å². The summed E-state index contributed by atoms with van der Waals surface area (Å²) in [5.41, 5.74) is 11.3. The van der Waals surface area contributed by atoms with Crippen LogP contribution >= 0.6 is 0 Å². The summed E-state index contributed by atoms with van der Waals surface area (Å²) in [6, 6.07) is 26.3. The Hall–Kier alpha value is -5.84. The maximum atomic E-state index is 12.6. The fourth-order valence-electron chi connectivity index (χ4n) is 4.86. The van der Waals surface area contributed by atoms with Gasteiger partial charge in [-0.15, -0.1) is 0 Å². The SMILES string of the molecule is [N-]=[N+]=NCCOCCOCCNC(=O)c1ccc(Nc2nc(NCCCc3ccccc3)nc(NCCOCCOCCNC(=O)c3ccccc3)n2)cc1. The molecule has 5 N–H and O–H groups in total. The van der Waals surface area contributed by atoms with Gasteiger partial charge in [0.05, 0.1) is 52.9 Å². The van der Waals surface area contributed by atoms with Gasteiger partial charge in [-0.05, 0) is 60.3 Å². The van der Waals surface area contributed by atoms with Crippen molar-refractivity contribution in [1.29, 1.82) is 0 Å². The zero-order chi connectivity index (χ0) is 38.6. The Morgan fingerprint density at radius 3 is 1.69 bits per heavy atom. The number of carbonyl (C=O) groups is 2. The Labute approximate surface area is 320 Å². The van der Waals surface area contributed by atoms with Gasteiger partial charge < -0.3 is 45.5 Å². The third-order valence-corrected chi connectivity index (χ3v) is 7.58. The van der Waals surface area contributed by atoms with Gasteiger partial charge in [0.1, 0.15) is 0 Å². The van der Waals surface area contributed by atoms with Gasteiger partial charge in [0.2, 0.25) is 17.8 Å². The number of azide groups is 1. The number of nitrogens with one attached hydrogen (secondary N) is 5. The Kier molecular flexibility index (Phi) is 19.8. The van der Waals surface area contributed by atoms with Crippen molar-refractivity contribution in [3.05, 3.63) is 112 Å². The molecule has 1 aromatic heterocycles. The Bertz CT molecular complexity index is 1730. The maximum absolute atomic E-state index is 12.6. The lowest BCUT2D eigenvalue weighted by Crippen LogP contribution is -2.27. The van der Waals surface area contributed by atoms with Crippen molar-refractivity contribution < 1.29 is 28.5 Å². The van der Waals surface area contributed by atoms with E-state index < -0.39 is 0 Å². The first-order valence-corrected chi connectivity index (χ1v) is 18.2. The van der Waals surface area contributed by atoms with E-state index in [1.54, 1.807) is 36.4 Å². The number of benzene rings is 3. The standard InChI is InChI=1S/C38H49N11O6/c39-49-44-21-25-55-29-28-53-23-19-41-35(51)32-13-15-33(16-14-32)45-38-47-36(42-17-7-10-30-8-3-1-4-9-30)46-37(48-38)43-20-24-54-27-26-52-22-18-40-34(50)31-11-5-2-6-12-31/h1-6,8-9,11-16H,7,10,17-29H2,(H,40,50)(H,41,51)(H3,42,43,45,46,47,48). The molecule has 0 radical (unpaired) electrons. The number of anilines is 4. The summed E-state index contributed by atoms with van der Waals surface area (Å²) in [7, 11) is 0. The number of nitrogens with zero attached hydrogens (tertiary/aromatic N) is 6. The second kappa shape index (κ2) is 26.0. The summed E-state index contributed by atoms with van der Waals surface area (Å²) in [6.45, 7) is 5.13. The average molecular weight is 756 g/mol. The van der Waals surface area contributed by atoms with E-state index in [9.17, 15) is 9.59 Å². The van der Waals surface area contributed by atoms with E-state index in [2.05, 4.69) is 63.7 Å². The van der Waals surface area contributed by atoms with Gasteiger partial charge in [0.15, 0.2) is 0 Å². The summed E-state index contributed by atoms with van der Waals surface area (Å²) in [6.07, 6.45) is 1.81. The van der Waals surface area contributed by atoms with Crippen LogP contribution in [0, 0.1) is 0 Å². The first-order chi connectivity index (χ1) is 27.1. The topological polar surface area (TPSA) is 219 Å². The number of ether oxygens (including phenoxy) is 4. The van der Waals surface area contributed by atoms with Crippen molar-refractivity contribution in [3.63, 3.8) is 0 Å². The number of hydrogen-bond donors (Lipinski definition) is 5. The number of rotatable bonds is 28. The van der Waals surface area contributed by atoms with Crippen LogP contribution in [0.3, 0.4) is 0 Å². The van der Waals surface area contributed by atoms with Gasteiger partial charge in [-0.25, -0.2) is 0 Å². The molecule has 0 fully saturated rings. The smallest absolute Gasteiger partial charge is 0.251 e. The summed E-state index contributed by atoms with van der Waals surface area (Å²) < 4.78 is 22.0. The highest BCUT2D eigenvalue weighted by Crippen LogP contribution is 2.17. The molecule has 55 heavy (non-hydrogen) atoms. The van der Waals surface area contributed by atoms with Crippen molar-refractivity contribution in [1.82, 2.24) is 25.6 Å². The van der Waals surface area contributed by atoms with E-state index in [4.69, 9.17) is 24.5 Å². The molecular formula is C38H49N11O6. The van der Waals surface area contributed by atoms with Crippen LogP contribution in [0.5, 0.6) is 0 Å². The van der Waals surface area contributed by atoms with Crippen LogP contribution in [0.25, 0.3) is 10.4 Å². The lowest BCUT2D eigenvalue weighted by Gasteiger charge is -2.12. The summed E-state index contributed by atoms with van der Waals surface area (Å²) >= 11 is 0. The molecule has 0 atom stereocenters. The van der Waals surface area contributed by atoms with Crippen LogP contribution < -0.4 is 26.6 Å². The number of aryl methyl sites for hydroxylation is 1. The molecule has 0 spiro atoms. The minimum Gasteiger partial charge on any atom is -0.379 e. The lowest BCUT2D eigenvalue weighted by molar-refractivity contribution is 0.0511. The highest BCUT2D eigenvalue weighted by molar-refractivity contribution is 5.94. The number of carbonyl (C=O) groups excluding carboxylic acids is 2. The fourth-order valence-corrected chi connectivity index (χ4v) is 4.86. The molecule has 1 heterocycles. The highest BCUT2D eigenvalue weighted by Gasteiger charge is 2.10. The summed E-state index contributed by atoms with van der Waals surface area (Å²) in [5, 5.41) is 18.7. The third kappa shape index (κ3) is 17.7. The van der Waals surface area contributed by atoms with Crippen molar-refractivity contribution in [2.45, 2.75) is 12.8 Å². The van der Waals surface area contributed by atoms with Gasteiger partial charge in [-0.1, -0.05) is 53.6 Å². The highest BCUT2D eigenvalue weighted by atomic mass is 16.5. The zero-order valence-electron chi connectivity index (χ0n) is 30.8. The Balaban J connectivity index is 1.18. The lowest BCUT2D eigenvalue weighted by atomic mass is 10.1. The molecule has 2 amide bonds. The van der Waals surface area contributed by atoms with Gasteiger partial charge in [0.25, 0.3) is 11.8 Å². The van der Waals surface area contributed by atoms with Crippen LogP contribution in [-0.2, 0) is 25.4 Å². The molecule has 0 aliphatic rings. The summed E-state index contributed by atoms with van der Waals surface area (Å²) in [5.74, 6) is 0.754. The fraction of sp³-hybridized carbons (Fsp3) is 0.395. The Morgan fingerprint density at radius 1 is 0.582 bits per heavy atom. The molecule has 0 saturated heterocycles. The van der Waals surface area contributed by atoms with Crippen LogP contribution in [-0.4, -0.2) is 112 Å². The van der Waals surface area contributed by atoms with Crippen molar-refractivity contribution in [3.8, 4) is 0 Å². The minimum atomic E-state index is -0.226. The third-order valence-electron chi connectivity index (χ3n) is 7.58. The van der Waals surface area contributed by atoms with Gasteiger partial charge in [0, 0.05) is 54.4 Å². The van der Waals surface area contributed by atoms with Crippen LogP contribution in [0.4, 0.5) is 23.5 Å². The molecule has 0 bridgehead atoms. The normalized spacial score (nSPS) is 10.6. The van der Waals surface area contributed by atoms with Gasteiger partial charge in [-0.2, -0.15) is 15.0 Å². The number of amides is 2. The molecule has 0 aliphatic carbocycles. The van der Waals surface area contributed by atoms with Crippen LogP contribution in [0.15, 0.2) is 90.0 Å².